The molecular weight excluding hydrogens is 368 g/mol. The van der Waals surface area contributed by atoms with Crippen LogP contribution in [-0.2, 0) is 14.8 Å². The number of sulfonamides is 1. The van der Waals surface area contributed by atoms with E-state index in [0.29, 0.717) is 24.9 Å². The molecule has 1 saturated carbocycles. The molecule has 1 saturated heterocycles. The molecule has 4 rings (SSSR count). The fourth-order valence-corrected chi connectivity index (χ4v) is 5.73. The van der Waals surface area contributed by atoms with Crippen LogP contribution in [0, 0.1) is 5.92 Å². The zero-order valence-corrected chi connectivity index (χ0v) is 16.0. The molecule has 1 aliphatic heterocycles. The molecule has 27 heavy (non-hydrogen) atoms. The molecule has 2 heterocycles. The molecule has 2 aliphatic rings. The van der Waals surface area contributed by atoms with Gasteiger partial charge in [0, 0.05) is 19.1 Å². The second-order valence-corrected chi connectivity index (χ2v) is 9.34. The standard InChI is InChI=1S/C18H24N4O4S/c23-18(19-14-7-2-1-3-8-14)13-6-5-11-22(12-13)27(24,25)16-10-4-9-15-17(16)21-26-20-15/h4,9-10,13-14H,1-3,5-8,11-12H2,(H,19,23). The van der Waals surface area contributed by atoms with E-state index < -0.39 is 10.0 Å². The number of carbonyl (C=O) groups is 1. The summed E-state index contributed by atoms with van der Waals surface area (Å²) in [5.41, 5.74) is 0.631. The first-order valence-electron chi connectivity index (χ1n) is 9.57. The van der Waals surface area contributed by atoms with Gasteiger partial charge in [-0.2, -0.15) is 4.31 Å². The summed E-state index contributed by atoms with van der Waals surface area (Å²) in [6.45, 7) is 0.597. The lowest BCUT2D eigenvalue weighted by Gasteiger charge is -2.32. The Hall–Kier alpha value is -2.00. The number of hydrogen-bond acceptors (Lipinski definition) is 6. The van der Waals surface area contributed by atoms with Gasteiger partial charge in [-0.25, -0.2) is 13.0 Å². The van der Waals surface area contributed by atoms with Crippen LogP contribution < -0.4 is 5.32 Å². The van der Waals surface area contributed by atoms with Gasteiger partial charge >= 0.3 is 0 Å². The van der Waals surface area contributed by atoms with Gasteiger partial charge in [-0.3, -0.25) is 4.79 Å². The zero-order valence-electron chi connectivity index (χ0n) is 15.1. The summed E-state index contributed by atoms with van der Waals surface area (Å²) in [7, 11) is -3.77. The number of hydrogen-bond donors (Lipinski definition) is 1. The number of carbonyl (C=O) groups excluding carboxylic acids is 1. The van der Waals surface area contributed by atoms with Crippen molar-refractivity contribution in [1.29, 1.82) is 0 Å². The first-order valence-corrected chi connectivity index (χ1v) is 11.0. The quantitative estimate of drug-likeness (QED) is 0.854. The molecule has 1 N–H and O–H groups in total. The summed E-state index contributed by atoms with van der Waals surface area (Å²) in [4.78, 5) is 12.8. The number of rotatable bonds is 4. The predicted molar refractivity (Wildman–Crippen MR) is 98.3 cm³/mol. The molecule has 0 spiro atoms. The number of aromatic nitrogens is 2. The highest BCUT2D eigenvalue weighted by molar-refractivity contribution is 7.89. The van der Waals surface area contributed by atoms with Crippen LogP contribution in [0.15, 0.2) is 27.7 Å². The van der Waals surface area contributed by atoms with Gasteiger partial charge in [0.2, 0.25) is 15.9 Å². The van der Waals surface area contributed by atoms with Crippen LogP contribution in [0.4, 0.5) is 0 Å². The Kier molecular flexibility index (Phi) is 5.14. The summed E-state index contributed by atoms with van der Waals surface area (Å²) in [5.74, 6) is -0.340. The largest absolute Gasteiger partial charge is 0.353 e. The molecule has 1 aromatic carbocycles. The van der Waals surface area contributed by atoms with E-state index in [1.165, 1.54) is 16.8 Å². The van der Waals surface area contributed by atoms with E-state index in [1.54, 1.807) is 12.1 Å². The van der Waals surface area contributed by atoms with Gasteiger partial charge in [0.25, 0.3) is 0 Å². The fourth-order valence-electron chi connectivity index (χ4n) is 4.07. The summed E-state index contributed by atoms with van der Waals surface area (Å²) < 4.78 is 32.4. The van der Waals surface area contributed by atoms with Gasteiger partial charge in [-0.15, -0.1) is 0 Å². The summed E-state index contributed by atoms with van der Waals surface area (Å²) in [5, 5.41) is 10.6. The first-order chi connectivity index (χ1) is 13.1. The van der Waals surface area contributed by atoms with E-state index in [1.807, 2.05) is 0 Å². The monoisotopic (exact) mass is 392 g/mol. The van der Waals surface area contributed by atoms with Crippen molar-refractivity contribution in [3.05, 3.63) is 18.2 Å². The van der Waals surface area contributed by atoms with Crippen molar-refractivity contribution in [3.8, 4) is 0 Å². The number of amides is 1. The molecule has 1 unspecified atom stereocenters. The molecule has 2 fully saturated rings. The van der Waals surface area contributed by atoms with E-state index in [9.17, 15) is 13.2 Å². The van der Waals surface area contributed by atoms with Crippen molar-refractivity contribution in [2.24, 2.45) is 5.92 Å². The third-order valence-corrected chi connectivity index (χ3v) is 7.47. The number of piperidine rings is 1. The van der Waals surface area contributed by atoms with Crippen molar-refractivity contribution in [2.45, 2.75) is 55.9 Å². The second-order valence-electron chi connectivity index (χ2n) is 7.43. The lowest BCUT2D eigenvalue weighted by molar-refractivity contribution is -0.127. The van der Waals surface area contributed by atoms with Crippen LogP contribution >= 0.6 is 0 Å². The van der Waals surface area contributed by atoms with E-state index in [2.05, 4.69) is 20.3 Å². The Balaban J connectivity index is 1.50. The molecule has 1 aromatic heterocycles. The Morgan fingerprint density at radius 1 is 1.11 bits per heavy atom. The lowest BCUT2D eigenvalue weighted by Crippen LogP contribution is -2.47. The molecule has 1 atom stereocenters. The van der Waals surface area contributed by atoms with Crippen LogP contribution in [0.2, 0.25) is 0 Å². The van der Waals surface area contributed by atoms with Gasteiger partial charge < -0.3 is 5.32 Å². The van der Waals surface area contributed by atoms with Gasteiger partial charge in [0.1, 0.15) is 10.4 Å². The molecule has 146 valence electrons. The van der Waals surface area contributed by atoms with Crippen LogP contribution in [-0.4, -0.2) is 48.1 Å². The minimum Gasteiger partial charge on any atom is -0.353 e. The smallest absolute Gasteiger partial charge is 0.245 e. The molecule has 0 radical (unpaired) electrons. The average Bonchev–Trinajstić information content (AvgIpc) is 3.17. The Morgan fingerprint density at radius 2 is 1.93 bits per heavy atom. The van der Waals surface area contributed by atoms with E-state index in [-0.39, 0.29) is 34.8 Å². The van der Waals surface area contributed by atoms with E-state index in [4.69, 9.17) is 0 Å². The van der Waals surface area contributed by atoms with Crippen LogP contribution in [0.1, 0.15) is 44.9 Å². The third kappa shape index (κ3) is 3.70. The Bertz CT molecular complexity index is 920. The fraction of sp³-hybridized carbons (Fsp3) is 0.611. The maximum Gasteiger partial charge on any atom is 0.245 e. The van der Waals surface area contributed by atoms with Crippen LogP contribution in [0.5, 0.6) is 0 Å². The highest BCUT2D eigenvalue weighted by Gasteiger charge is 2.35. The maximum atomic E-state index is 13.1. The molecule has 0 bridgehead atoms. The van der Waals surface area contributed by atoms with E-state index >= 15 is 0 Å². The number of nitrogens with one attached hydrogen (secondary N) is 1. The Labute approximate surface area is 158 Å². The second kappa shape index (κ2) is 7.55. The van der Waals surface area contributed by atoms with Gasteiger partial charge in [0.15, 0.2) is 5.52 Å². The Morgan fingerprint density at radius 3 is 2.74 bits per heavy atom. The normalized spacial score (nSPS) is 22.7. The predicted octanol–water partition coefficient (Wildman–Crippen LogP) is 2.07. The van der Waals surface area contributed by atoms with Crippen LogP contribution in [0.25, 0.3) is 11.0 Å². The van der Waals surface area contributed by atoms with Crippen LogP contribution in [0.3, 0.4) is 0 Å². The SMILES string of the molecule is O=C(NC1CCCCC1)C1CCCN(S(=O)(=O)c2cccc3nonc23)C1. The molecule has 8 nitrogen and oxygen atoms in total. The number of nitrogens with zero attached hydrogens (tertiary/aromatic N) is 3. The number of fused-ring (bicyclic) bond motifs is 1. The van der Waals surface area contributed by atoms with Crippen molar-refractivity contribution < 1.29 is 17.8 Å². The highest BCUT2D eigenvalue weighted by atomic mass is 32.2. The van der Waals surface area contributed by atoms with Gasteiger partial charge in [0.05, 0.1) is 5.92 Å². The molecule has 2 aromatic rings. The average molecular weight is 392 g/mol. The van der Waals surface area contributed by atoms with Crippen molar-refractivity contribution in [1.82, 2.24) is 19.9 Å². The van der Waals surface area contributed by atoms with Crippen molar-refractivity contribution in [2.75, 3.05) is 13.1 Å². The topological polar surface area (TPSA) is 105 Å². The molecule has 1 amide bonds. The third-order valence-electron chi connectivity index (χ3n) is 5.57. The minimum atomic E-state index is -3.77. The number of benzene rings is 1. The highest BCUT2D eigenvalue weighted by Crippen LogP contribution is 2.28. The van der Waals surface area contributed by atoms with Crippen molar-refractivity contribution in [3.63, 3.8) is 0 Å². The zero-order chi connectivity index (χ0) is 18.9. The maximum absolute atomic E-state index is 13.1. The summed E-state index contributed by atoms with van der Waals surface area (Å²) in [6, 6.07) is 5.01. The molecule has 1 aliphatic carbocycles. The molecule has 9 heteroatoms. The molecular formula is C18H24N4O4S. The summed E-state index contributed by atoms with van der Waals surface area (Å²) in [6.07, 6.45) is 6.92. The minimum absolute atomic E-state index is 0.0249. The van der Waals surface area contributed by atoms with E-state index in [0.717, 1.165) is 25.7 Å². The first kappa shape index (κ1) is 18.4. The van der Waals surface area contributed by atoms with Crippen molar-refractivity contribution >= 4 is 27.0 Å². The summed E-state index contributed by atoms with van der Waals surface area (Å²) >= 11 is 0. The van der Waals surface area contributed by atoms with Gasteiger partial charge in [-0.1, -0.05) is 25.3 Å². The van der Waals surface area contributed by atoms with Gasteiger partial charge in [-0.05, 0) is 48.1 Å². The lowest BCUT2D eigenvalue weighted by atomic mass is 9.93.